The molecule has 0 saturated carbocycles. The van der Waals surface area contributed by atoms with E-state index in [0.29, 0.717) is 5.92 Å². The smallest absolute Gasteiger partial charge is 0.373 e. The zero-order valence-electron chi connectivity index (χ0n) is 10.7. The number of nitrogens with zero attached hydrogens (tertiary/aromatic N) is 1. The second kappa shape index (κ2) is 6.02. The van der Waals surface area contributed by atoms with Gasteiger partial charge in [-0.15, -0.1) is 0 Å². The van der Waals surface area contributed by atoms with Gasteiger partial charge in [0.15, 0.2) is 0 Å². The van der Waals surface area contributed by atoms with Gasteiger partial charge < -0.3 is 14.9 Å². The lowest BCUT2D eigenvalue weighted by atomic mass is 9.98. The minimum Gasteiger partial charge on any atom is -0.463 e. The normalized spacial score (nSPS) is 20.9. The van der Waals surface area contributed by atoms with E-state index in [-0.39, 0.29) is 5.76 Å². The second-order valence-corrected chi connectivity index (χ2v) is 4.74. The molecule has 1 fully saturated rings. The Morgan fingerprint density at radius 3 is 3.17 bits per heavy atom. The Kier molecular flexibility index (Phi) is 4.38. The number of carbonyl (C=O) groups is 1. The number of furan rings is 1. The van der Waals surface area contributed by atoms with Crippen molar-refractivity contribution in [3.8, 4) is 0 Å². The number of ether oxygens (including phenoxy) is 1. The van der Waals surface area contributed by atoms with E-state index >= 15 is 0 Å². The van der Waals surface area contributed by atoms with Crippen molar-refractivity contribution in [2.45, 2.75) is 19.4 Å². The molecule has 5 nitrogen and oxygen atoms in total. The summed E-state index contributed by atoms with van der Waals surface area (Å²) in [6.07, 6.45) is 2.38. The van der Waals surface area contributed by atoms with Crippen LogP contribution in [0.3, 0.4) is 0 Å². The van der Waals surface area contributed by atoms with Crippen LogP contribution in [0, 0.1) is 5.92 Å². The van der Waals surface area contributed by atoms with Crippen LogP contribution in [0.5, 0.6) is 0 Å². The van der Waals surface area contributed by atoms with E-state index < -0.39 is 5.97 Å². The quantitative estimate of drug-likeness (QED) is 0.816. The van der Waals surface area contributed by atoms with Gasteiger partial charge in [0.1, 0.15) is 5.76 Å². The molecule has 0 aliphatic carbocycles. The third-order valence-electron chi connectivity index (χ3n) is 3.36. The van der Waals surface area contributed by atoms with Crippen LogP contribution < -0.4 is 5.73 Å². The van der Waals surface area contributed by atoms with Crippen LogP contribution >= 0.6 is 0 Å². The van der Waals surface area contributed by atoms with Gasteiger partial charge in [-0.25, -0.2) is 4.79 Å². The third-order valence-corrected chi connectivity index (χ3v) is 3.36. The molecule has 18 heavy (non-hydrogen) atoms. The number of esters is 1. The summed E-state index contributed by atoms with van der Waals surface area (Å²) in [7, 11) is 1.35. The van der Waals surface area contributed by atoms with Crippen LogP contribution in [0.1, 0.15) is 29.2 Å². The Balaban J connectivity index is 1.92. The summed E-state index contributed by atoms with van der Waals surface area (Å²) >= 11 is 0. The van der Waals surface area contributed by atoms with E-state index in [1.807, 2.05) is 6.07 Å². The number of likely N-dealkylation sites (tertiary alicyclic amines) is 1. The Labute approximate surface area is 107 Å². The summed E-state index contributed by atoms with van der Waals surface area (Å²) in [6.45, 7) is 3.53. The van der Waals surface area contributed by atoms with Gasteiger partial charge in [-0.1, -0.05) is 0 Å². The molecular formula is C13H20N2O3. The lowest BCUT2D eigenvalue weighted by Gasteiger charge is -2.31. The summed E-state index contributed by atoms with van der Waals surface area (Å²) in [6, 6.07) is 3.49. The fraction of sp³-hybridized carbons (Fsp3) is 0.615. The molecule has 2 N–H and O–H groups in total. The first-order valence-corrected chi connectivity index (χ1v) is 6.32. The lowest BCUT2D eigenvalue weighted by molar-refractivity contribution is 0.0560. The number of carbonyl (C=O) groups excluding carboxylic acids is 1. The SMILES string of the molecule is COC(=O)c1ccc(CN2CCCC(CN)C2)o1. The van der Waals surface area contributed by atoms with Crippen LogP contribution in [0.15, 0.2) is 16.5 Å². The minimum absolute atomic E-state index is 0.264. The number of methoxy groups -OCH3 is 1. The summed E-state index contributed by atoms with van der Waals surface area (Å²) in [4.78, 5) is 13.6. The van der Waals surface area contributed by atoms with Crippen LogP contribution in [0.25, 0.3) is 0 Å². The average Bonchev–Trinajstić information content (AvgIpc) is 2.86. The van der Waals surface area contributed by atoms with Crippen molar-refractivity contribution in [1.29, 1.82) is 0 Å². The Bertz CT molecular complexity index is 403. The van der Waals surface area contributed by atoms with Crippen molar-refractivity contribution in [2.75, 3.05) is 26.7 Å². The van der Waals surface area contributed by atoms with Gasteiger partial charge in [0.25, 0.3) is 0 Å². The summed E-state index contributed by atoms with van der Waals surface area (Å²) in [5, 5.41) is 0. The minimum atomic E-state index is -0.431. The molecular weight excluding hydrogens is 232 g/mol. The van der Waals surface area contributed by atoms with Crippen LogP contribution in [0.4, 0.5) is 0 Å². The van der Waals surface area contributed by atoms with Crippen LogP contribution in [0.2, 0.25) is 0 Å². The standard InChI is InChI=1S/C13H20N2O3/c1-17-13(16)12-5-4-11(18-12)9-15-6-2-3-10(7-14)8-15/h4-5,10H,2-3,6-9,14H2,1H3. The van der Waals surface area contributed by atoms with Crippen molar-refractivity contribution in [2.24, 2.45) is 11.7 Å². The highest BCUT2D eigenvalue weighted by molar-refractivity contribution is 5.86. The van der Waals surface area contributed by atoms with Crippen molar-refractivity contribution in [1.82, 2.24) is 4.90 Å². The Morgan fingerprint density at radius 1 is 1.61 bits per heavy atom. The first-order valence-electron chi connectivity index (χ1n) is 6.32. The molecule has 1 aliphatic heterocycles. The number of rotatable bonds is 4. The first-order chi connectivity index (χ1) is 8.72. The number of hydrogen-bond acceptors (Lipinski definition) is 5. The fourth-order valence-corrected chi connectivity index (χ4v) is 2.38. The highest BCUT2D eigenvalue weighted by Gasteiger charge is 2.20. The monoisotopic (exact) mass is 252 g/mol. The Hall–Kier alpha value is -1.33. The van der Waals surface area contributed by atoms with E-state index in [1.54, 1.807) is 6.07 Å². The molecule has 1 aromatic rings. The number of hydrogen-bond donors (Lipinski definition) is 1. The first kappa shape index (κ1) is 13.1. The maximum Gasteiger partial charge on any atom is 0.373 e. The number of piperidine rings is 1. The predicted octanol–water partition coefficient (Wildman–Crippen LogP) is 1.24. The highest BCUT2D eigenvalue weighted by atomic mass is 16.5. The largest absolute Gasteiger partial charge is 0.463 e. The fourth-order valence-electron chi connectivity index (χ4n) is 2.38. The molecule has 1 saturated heterocycles. The van der Waals surface area contributed by atoms with E-state index in [2.05, 4.69) is 9.64 Å². The highest BCUT2D eigenvalue weighted by Crippen LogP contribution is 2.18. The van der Waals surface area contributed by atoms with Crippen LogP contribution in [-0.4, -0.2) is 37.6 Å². The van der Waals surface area contributed by atoms with E-state index in [9.17, 15) is 4.79 Å². The zero-order chi connectivity index (χ0) is 13.0. The molecule has 5 heteroatoms. The van der Waals surface area contributed by atoms with Gasteiger partial charge in [-0.05, 0) is 44.0 Å². The van der Waals surface area contributed by atoms with Crippen molar-refractivity contribution < 1.29 is 13.9 Å². The van der Waals surface area contributed by atoms with Gasteiger partial charge in [0, 0.05) is 6.54 Å². The molecule has 2 rings (SSSR count). The molecule has 2 heterocycles. The van der Waals surface area contributed by atoms with Gasteiger partial charge in [0.05, 0.1) is 13.7 Å². The topological polar surface area (TPSA) is 68.7 Å². The zero-order valence-corrected chi connectivity index (χ0v) is 10.7. The molecule has 0 aromatic carbocycles. The van der Waals surface area contributed by atoms with Gasteiger partial charge in [-0.2, -0.15) is 0 Å². The summed E-state index contributed by atoms with van der Waals surface area (Å²) < 4.78 is 10.1. The third kappa shape index (κ3) is 3.11. The average molecular weight is 252 g/mol. The van der Waals surface area contributed by atoms with E-state index in [1.165, 1.54) is 20.0 Å². The molecule has 1 atom stereocenters. The number of nitrogens with two attached hydrogens (primary N) is 1. The summed E-state index contributed by atoms with van der Waals surface area (Å²) in [5.74, 6) is 1.21. The summed E-state index contributed by atoms with van der Waals surface area (Å²) in [5.41, 5.74) is 5.71. The lowest BCUT2D eigenvalue weighted by Crippen LogP contribution is -2.37. The van der Waals surface area contributed by atoms with Gasteiger partial charge in [-0.3, -0.25) is 4.90 Å². The van der Waals surface area contributed by atoms with E-state index in [0.717, 1.165) is 31.9 Å². The predicted molar refractivity (Wildman–Crippen MR) is 67.1 cm³/mol. The molecule has 1 aliphatic rings. The molecule has 1 unspecified atom stereocenters. The maximum atomic E-state index is 11.3. The van der Waals surface area contributed by atoms with Gasteiger partial charge >= 0.3 is 5.97 Å². The molecule has 1 aromatic heterocycles. The second-order valence-electron chi connectivity index (χ2n) is 4.74. The molecule has 0 amide bonds. The Morgan fingerprint density at radius 2 is 2.44 bits per heavy atom. The van der Waals surface area contributed by atoms with Crippen molar-refractivity contribution >= 4 is 5.97 Å². The maximum absolute atomic E-state index is 11.3. The molecule has 100 valence electrons. The molecule has 0 bridgehead atoms. The van der Waals surface area contributed by atoms with Crippen molar-refractivity contribution in [3.05, 3.63) is 23.7 Å². The van der Waals surface area contributed by atoms with Gasteiger partial charge in [0.2, 0.25) is 5.76 Å². The van der Waals surface area contributed by atoms with Crippen molar-refractivity contribution in [3.63, 3.8) is 0 Å². The van der Waals surface area contributed by atoms with Crippen LogP contribution in [-0.2, 0) is 11.3 Å². The molecule has 0 spiro atoms. The molecule has 0 radical (unpaired) electrons. The van der Waals surface area contributed by atoms with E-state index in [4.69, 9.17) is 10.2 Å².